The van der Waals surface area contributed by atoms with Crippen LogP contribution in [0.4, 0.5) is 0 Å². The second-order valence-electron chi connectivity index (χ2n) is 0.635. The van der Waals surface area contributed by atoms with Gasteiger partial charge in [0.05, 0.1) is 0 Å². The maximum Gasteiger partial charge on any atom is 0.438 e. The van der Waals surface area contributed by atoms with Crippen molar-refractivity contribution < 1.29 is 10.0 Å². The molecule has 0 aliphatic rings. The second kappa shape index (κ2) is 2.71. The van der Waals surface area contributed by atoms with Crippen molar-refractivity contribution in [1.82, 2.24) is 0 Å². The lowest BCUT2D eigenvalue weighted by Crippen LogP contribution is -2.15. The first-order chi connectivity index (χ1) is 2.27. The Kier molecular flexibility index (Phi) is 2.98. The molecule has 0 heterocycles. The summed E-state index contributed by atoms with van der Waals surface area (Å²) in [7, 11) is -1.07. The lowest BCUT2D eigenvalue weighted by molar-refractivity contribution is 0.435. The minimum absolute atomic E-state index is 1.07. The second-order valence-corrected chi connectivity index (χ2v) is 2.60. The van der Waals surface area contributed by atoms with Crippen LogP contribution < -0.4 is 0 Å². The van der Waals surface area contributed by atoms with Crippen LogP contribution in [0.1, 0.15) is 0 Å². The van der Waals surface area contributed by atoms with E-state index < -0.39 is 15.4 Å². The molecule has 0 aromatic carbocycles. The van der Waals surface area contributed by atoms with Crippen LogP contribution in [0.15, 0.2) is 0 Å². The summed E-state index contributed by atoms with van der Waals surface area (Å²) in [4.78, 5) is 0. The van der Waals surface area contributed by atoms with Gasteiger partial charge in [0.15, 0.2) is 8.70 Å². The molecule has 30 valence electrons. The summed E-state index contributed by atoms with van der Waals surface area (Å²) in [6, 6.07) is 0. The molecule has 5 heteroatoms. The zero-order chi connectivity index (χ0) is 4.28. The van der Waals surface area contributed by atoms with E-state index in [0.29, 0.717) is 0 Å². The van der Waals surface area contributed by atoms with Crippen LogP contribution in [0.3, 0.4) is 0 Å². The predicted octanol–water partition coefficient (Wildman–Crippen LogP) is -1.72. The highest BCUT2D eigenvalue weighted by molar-refractivity contribution is 7.28. The van der Waals surface area contributed by atoms with Gasteiger partial charge >= 0.3 is 6.71 Å². The first kappa shape index (κ1) is 5.49. The summed E-state index contributed by atoms with van der Waals surface area (Å²) in [6.07, 6.45) is 0. The first-order valence-corrected chi connectivity index (χ1v) is 4.15. The van der Waals surface area contributed by atoms with Crippen LogP contribution in [0.25, 0.3) is 0 Å². The lowest BCUT2D eigenvalue weighted by atomic mass is 10.4. The van der Waals surface area contributed by atoms with Crippen molar-refractivity contribution in [3.8, 4) is 0 Å². The average molecular weight is 110 g/mol. The third-order valence-electron chi connectivity index (χ3n) is 0.138. The van der Waals surface area contributed by atoms with Gasteiger partial charge in [0.2, 0.25) is 0 Å². The Morgan fingerprint density at radius 1 is 1.60 bits per heavy atom. The van der Waals surface area contributed by atoms with Crippen LogP contribution in [0, 0.1) is 0 Å². The number of halogens is 1. The van der Waals surface area contributed by atoms with Crippen molar-refractivity contribution in [1.29, 1.82) is 0 Å². The van der Waals surface area contributed by atoms with Gasteiger partial charge in [-0.05, 0) is 0 Å². The standard InChI is InChI=1S/BClH4O2Si/c2-5-1(3)4/h3-4H,5H2. The summed E-state index contributed by atoms with van der Waals surface area (Å²) in [5.41, 5.74) is 0. The highest BCUT2D eigenvalue weighted by Gasteiger charge is 2.00. The molecule has 0 spiro atoms. The summed E-state index contributed by atoms with van der Waals surface area (Å²) in [6.45, 7) is -1.21. The molecule has 0 aromatic heterocycles. The molecule has 0 amide bonds. The van der Waals surface area contributed by atoms with E-state index in [-0.39, 0.29) is 0 Å². The molecule has 0 atom stereocenters. The summed E-state index contributed by atoms with van der Waals surface area (Å²) in [5.74, 6) is 0. The first-order valence-electron chi connectivity index (χ1n) is 1.19. The van der Waals surface area contributed by atoms with Gasteiger partial charge in [-0.3, -0.25) is 0 Å². The van der Waals surface area contributed by atoms with E-state index in [1.165, 1.54) is 0 Å². The van der Waals surface area contributed by atoms with Crippen molar-refractivity contribution in [2.45, 2.75) is 0 Å². The molecule has 0 aromatic rings. The normalized spacial score (nSPS) is 10.2. The Morgan fingerprint density at radius 2 is 1.80 bits per heavy atom. The fourth-order valence-corrected chi connectivity index (χ4v) is 0. The monoisotopic (exact) mass is 110 g/mol. The maximum absolute atomic E-state index is 7.85. The number of rotatable bonds is 1. The molecule has 0 aliphatic heterocycles. The molecule has 0 fully saturated rings. The van der Waals surface area contributed by atoms with E-state index in [9.17, 15) is 0 Å². The van der Waals surface area contributed by atoms with E-state index in [4.69, 9.17) is 21.1 Å². The smallest absolute Gasteiger partial charge is 0.429 e. The van der Waals surface area contributed by atoms with Crippen LogP contribution in [-0.4, -0.2) is 25.5 Å². The summed E-state index contributed by atoms with van der Waals surface area (Å²) in [5, 5.41) is 15.7. The molecule has 0 bridgehead atoms. The Morgan fingerprint density at radius 3 is 1.80 bits per heavy atom. The van der Waals surface area contributed by atoms with Crippen LogP contribution >= 0.6 is 11.1 Å². The SMILES string of the molecule is OB(O)[SiH2]Cl. The summed E-state index contributed by atoms with van der Waals surface area (Å²) >= 11 is 4.98. The van der Waals surface area contributed by atoms with Crippen molar-refractivity contribution >= 4 is 26.5 Å². The van der Waals surface area contributed by atoms with E-state index >= 15 is 0 Å². The van der Waals surface area contributed by atoms with Crippen LogP contribution in [-0.2, 0) is 0 Å². The van der Waals surface area contributed by atoms with Gasteiger partial charge in [-0.2, -0.15) is 11.1 Å². The van der Waals surface area contributed by atoms with E-state index in [2.05, 4.69) is 0 Å². The van der Waals surface area contributed by atoms with Crippen LogP contribution in [0.2, 0.25) is 0 Å². The predicted molar refractivity (Wildman–Crippen MR) is 24.6 cm³/mol. The number of hydrogen-bond donors (Lipinski definition) is 2. The molecular weight excluding hydrogens is 106 g/mol. The average Bonchev–Trinajstić information content (AvgIpc) is 1.38. The zero-order valence-electron chi connectivity index (χ0n) is 2.56. The van der Waals surface area contributed by atoms with Crippen molar-refractivity contribution in [2.75, 3.05) is 0 Å². The zero-order valence-corrected chi connectivity index (χ0v) is 4.73. The largest absolute Gasteiger partial charge is 0.438 e. The maximum atomic E-state index is 7.85. The Bertz CT molecular complexity index is 23.6. The third-order valence-corrected chi connectivity index (χ3v) is 1.24. The highest BCUT2D eigenvalue weighted by Crippen LogP contribution is 1.65. The van der Waals surface area contributed by atoms with Crippen molar-refractivity contribution in [2.24, 2.45) is 0 Å². The topological polar surface area (TPSA) is 40.5 Å². The molecule has 2 N–H and O–H groups in total. The molecule has 0 saturated carbocycles. The molecule has 0 rings (SSSR count). The van der Waals surface area contributed by atoms with E-state index in [0.717, 1.165) is 0 Å². The lowest BCUT2D eigenvalue weighted by Gasteiger charge is -1.78. The van der Waals surface area contributed by atoms with Crippen molar-refractivity contribution in [3.63, 3.8) is 0 Å². The van der Waals surface area contributed by atoms with Gasteiger partial charge < -0.3 is 10.0 Å². The molecule has 2 nitrogen and oxygen atoms in total. The molecule has 0 saturated heterocycles. The summed E-state index contributed by atoms with van der Waals surface area (Å²) < 4.78 is 0. The highest BCUT2D eigenvalue weighted by atomic mass is 35.6. The van der Waals surface area contributed by atoms with Crippen molar-refractivity contribution in [3.05, 3.63) is 0 Å². The minimum atomic E-state index is -1.21. The quantitative estimate of drug-likeness (QED) is 0.311. The van der Waals surface area contributed by atoms with Gasteiger partial charge in [-0.15, -0.1) is 0 Å². The Hall–Kier alpha value is 0.492. The van der Waals surface area contributed by atoms with Gasteiger partial charge in [0.25, 0.3) is 0 Å². The molecule has 0 aliphatic carbocycles. The van der Waals surface area contributed by atoms with E-state index in [1.807, 2.05) is 0 Å². The van der Waals surface area contributed by atoms with E-state index in [1.54, 1.807) is 0 Å². The molecule has 0 unspecified atom stereocenters. The Labute approximate surface area is 37.4 Å². The molecular formula is H4BClO2Si. The minimum Gasteiger partial charge on any atom is -0.429 e. The third kappa shape index (κ3) is 4.49. The van der Waals surface area contributed by atoms with Gasteiger partial charge in [0.1, 0.15) is 0 Å². The van der Waals surface area contributed by atoms with Gasteiger partial charge in [-0.1, -0.05) is 0 Å². The molecule has 0 radical (unpaired) electrons. The van der Waals surface area contributed by atoms with Gasteiger partial charge in [-0.25, -0.2) is 0 Å². The Balaban J connectivity index is 2.54. The molecule has 5 heavy (non-hydrogen) atoms. The fourth-order valence-electron chi connectivity index (χ4n) is 0. The van der Waals surface area contributed by atoms with Crippen LogP contribution in [0.5, 0.6) is 0 Å². The fraction of sp³-hybridized carbons (Fsp3) is 0. The number of hydrogen-bond acceptors (Lipinski definition) is 2. The van der Waals surface area contributed by atoms with Gasteiger partial charge in [0, 0.05) is 0 Å².